The number of terminal acetylenes is 1. The van der Waals surface area contributed by atoms with Crippen LogP contribution >= 0.6 is 0 Å². The first-order valence-electron chi connectivity index (χ1n) is 2.87. The van der Waals surface area contributed by atoms with Crippen LogP contribution in [0.5, 0.6) is 0 Å². The van der Waals surface area contributed by atoms with Gasteiger partial charge in [-0.25, -0.2) is 9.98 Å². The van der Waals surface area contributed by atoms with Gasteiger partial charge in [0.1, 0.15) is 5.84 Å². The van der Waals surface area contributed by atoms with Crippen molar-refractivity contribution in [3.05, 3.63) is 12.8 Å². The van der Waals surface area contributed by atoms with Crippen molar-refractivity contribution >= 4 is 12.6 Å². The molecule has 2 heteroatoms. The molecule has 0 aromatic carbocycles. The van der Waals surface area contributed by atoms with Gasteiger partial charge in [-0.1, -0.05) is 12.5 Å². The van der Waals surface area contributed by atoms with Gasteiger partial charge in [0.15, 0.2) is 0 Å². The lowest BCUT2D eigenvalue weighted by Crippen LogP contribution is -2.04. The van der Waals surface area contributed by atoms with Gasteiger partial charge < -0.3 is 0 Å². The highest BCUT2D eigenvalue weighted by molar-refractivity contribution is 5.90. The van der Waals surface area contributed by atoms with Crippen molar-refractivity contribution in [1.29, 1.82) is 0 Å². The first kappa shape index (κ1) is 8.64. The summed E-state index contributed by atoms with van der Waals surface area (Å²) >= 11 is 0. The second kappa shape index (κ2) is 4.51. The van der Waals surface area contributed by atoms with E-state index in [4.69, 9.17) is 6.42 Å². The zero-order chi connectivity index (χ0) is 7.98. The summed E-state index contributed by atoms with van der Waals surface area (Å²) in [4.78, 5) is 7.46. The molecule has 2 nitrogen and oxygen atoms in total. The molecule has 0 radical (unpaired) electrons. The van der Waals surface area contributed by atoms with Gasteiger partial charge in [-0.15, -0.1) is 6.42 Å². The van der Waals surface area contributed by atoms with Crippen LogP contribution in [-0.4, -0.2) is 12.6 Å². The third-order valence-corrected chi connectivity index (χ3v) is 1.02. The molecular formula is C8H10N2. The second-order valence-corrected chi connectivity index (χ2v) is 1.72. The van der Waals surface area contributed by atoms with Crippen LogP contribution in [0, 0.1) is 18.3 Å². The molecule has 0 saturated heterocycles. The topological polar surface area (TPSA) is 24.7 Å². The summed E-state index contributed by atoms with van der Waals surface area (Å²) in [5.74, 6) is 2.94. The van der Waals surface area contributed by atoms with Gasteiger partial charge >= 0.3 is 0 Å². The summed E-state index contributed by atoms with van der Waals surface area (Å²) in [5.41, 5.74) is 0. The van der Waals surface area contributed by atoms with Crippen LogP contribution in [0.2, 0.25) is 0 Å². The number of rotatable bonds is 2. The summed E-state index contributed by atoms with van der Waals surface area (Å²) in [6.07, 6.45) is 6.53. The van der Waals surface area contributed by atoms with Gasteiger partial charge in [0.2, 0.25) is 0 Å². The van der Waals surface area contributed by atoms with Crippen molar-refractivity contribution in [2.75, 3.05) is 0 Å². The summed E-state index contributed by atoms with van der Waals surface area (Å²) in [6, 6.07) is 0. The molecule has 1 atom stereocenters. The number of hydrogen-bond donors (Lipinski definition) is 0. The van der Waals surface area contributed by atoms with Crippen LogP contribution in [0.3, 0.4) is 0 Å². The van der Waals surface area contributed by atoms with E-state index in [-0.39, 0.29) is 5.92 Å². The molecule has 10 heavy (non-hydrogen) atoms. The van der Waals surface area contributed by atoms with E-state index in [0.29, 0.717) is 5.84 Å². The lowest BCUT2D eigenvalue weighted by atomic mass is 10.2. The smallest absolute Gasteiger partial charge is 0.142 e. The minimum atomic E-state index is -0.0875. The lowest BCUT2D eigenvalue weighted by Gasteiger charge is -1.99. The summed E-state index contributed by atoms with van der Waals surface area (Å²) in [7, 11) is 0. The lowest BCUT2D eigenvalue weighted by molar-refractivity contribution is 1.02. The Hall–Kier alpha value is -1.36. The van der Waals surface area contributed by atoms with Crippen LogP contribution in [0.25, 0.3) is 0 Å². The van der Waals surface area contributed by atoms with Crippen molar-refractivity contribution in [3.8, 4) is 12.3 Å². The Morgan fingerprint density at radius 3 is 2.70 bits per heavy atom. The molecule has 0 aliphatic rings. The van der Waals surface area contributed by atoms with Crippen LogP contribution in [0.4, 0.5) is 0 Å². The van der Waals surface area contributed by atoms with Gasteiger partial charge in [-0.3, -0.25) is 0 Å². The quantitative estimate of drug-likeness (QED) is 0.310. The van der Waals surface area contributed by atoms with Crippen LogP contribution in [-0.2, 0) is 0 Å². The van der Waals surface area contributed by atoms with E-state index in [9.17, 15) is 0 Å². The molecule has 0 aromatic rings. The van der Waals surface area contributed by atoms with Gasteiger partial charge in [-0.05, 0) is 13.6 Å². The minimum Gasteiger partial charge on any atom is -0.248 e. The van der Waals surface area contributed by atoms with Gasteiger partial charge in [0, 0.05) is 6.20 Å². The fourth-order valence-electron chi connectivity index (χ4n) is 0.458. The van der Waals surface area contributed by atoms with E-state index < -0.39 is 0 Å². The number of nitrogens with zero attached hydrogens (tertiary/aromatic N) is 2. The maximum Gasteiger partial charge on any atom is 0.142 e. The first-order chi connectivity index (χ1) is 4.76. The van der Waals surface area contributed by atoms with Crippen LogP contribution in [0.15, 0.2) is 22.8 Å². The highest BCUT2D eigenvalue weighted by atomic mass is 14.9. The SMILES string of the molecule is C#CC(C)/C(N=C)=N\C=C. The van der Waals surface area contributed by atoms with Gasteiger partial charge in [0.05, 0.1) is 5.92 Å². The number of amidine groups is 1. The minimum absolute atomic E-state index is 0.0875. The summed E-state index contributed by atoms with van der Waals surface area (Å²) < 4.78 is 0. The van der Waals surface area contributed by atoms with E-state index in [0.717, 1.165) is 0 Å². The zero-order valence-electron chi connectivity index (χ0n) is 6.04. The molecule has 0 aliphatic heterocycles. The largest absolute Gasteiger partial charge is 0.248 e. The summed E-state index contributed by atoms with van der Waals surface area (Å²) in [6.45, 7) is 8.58. The Morgan fingerprint density at radius 1 is 1.80 bits per heavy atom. The van der Waals surface area contributed by atoms with Crippen LogP contribution in [0.1, 0.15) is 6.92 Å². The predicted molar refractivity (Wildman–Crippen MR) is 45.2 cm³/mol. The predicted octanol–water partition coefficient (Wildman–Crippen LogP) is 1.50. The third kappa shape index (κ3) is 2.27. The highest BCUT2D eigenvalue weighted by Gasteiger charge is 2.01. The molecule has 1 unspecified atom stereocenters. The molecule has 0 rings (SSSR count). The van der Waals surface area contributed by atoms with Crippen molar-refractivity contribution in [3.63, 3.8) is 0 Å². The third-order valence-electron chi connectivity index (χ3n) is 1.02. The monoisotopic (exact) mass is 134 g/mol. The van der Waals surface area contributed by atoms with E-state index in [1.165, 1.54) is 6.20 Å². The Labute approximate surface area is 61.4 Å². The molecule has 0 bridgehead atoms. The van der Waals surface area contributed by atoms with Crippen molar-refractivity contribution in [2.24, 2.45) is 15.9 Å². The highest BCUT2D eigenvalue weighted by Crippen LogP contribution is 1.97. The molecule has 0 aliphatic carbocycles. The normalized spacial score (nSPS) is 13.4. The molecule has 0 fully saturated rings. The maximum atomic E-state index is 5.13. The van der Waals surface area contributed by atoms with E-state index >= 15 is 0 Å². The Morgan fingerprint density at radius 2 is 2.40 bits per heavy atom. The standard InChI is InChI=1S/C8H10N2/c1-5-7(3)8(9-4)10-6-2/h1,6-7H,2,4H2,3H3/b10-8+. The fraction of sp³-hybridized carbons (Fsp3) is 0.250. The molecule has 0 amide bonds. The van der Waals surface area contributed by atoms with Crippen molar-refractivity contribution in [2.45, 2.75) is 6.92 Å². The second-order valence-electron chi connectivity index (χ2n) is 1.72. The Balaban J connectivity index is 4.37. The van der Waals surface area contributed by atoms with Crippen molar-refractivity contribution < 1.29 is 0 Å². The van der Waals surface area contributed by atoms with E-state index in [1.54, 1.807) is 0 Å². The van der Waals surface area contributed by atoms with E-state index in [2.05, 4.69) is 29.2 Å². The Bertz CT molecular complexity index is 196. The number of aliphatic imine (C=N–C) groups is 2. The average molecular weight is 134 g/mol. The van der Waals surface area contributed by atoms with Gasteiger partial charge in [-0.2, -0.15) is 0 Å². The first-order valence-corrected chi connectivity index (χ1v) is 2.87. The molecular weight excluding hydrogens is 124 g/mol. The molecule has 0 heterocycles. The molecule has 52 valence electrons. The number of hydrogen-bond acceptors (Lipinski definition) is 1. The maximum absolute atomic E-state index is 5.13. The fourth-order valence-corrected chi connectivity index (χ4v) is 0.458. The van der Waals surface area contributed by atoms with Gasteiger partial charge in [0.25, 0.3) is 0 Å². The summed E-state index contributed by atoms with van der Waals surface area (Å²) in [5, 5.41) is 0. The van der Waals surface area contributed by atoms with Crippen LogP contribution < -0.4 is 0 Å². The average Bonchev–Trinajstić information content (AvgIpc) is 1.99. The molecule has 0 aromatic heterocycles. The zero-order valence-corrected chi connectivity index (χ0v) is 6.04. The van der Waals surface area contributed by atoms with Crippen molar-refractivity contribution in [1.82, 2.24) is 0 Å². The molecule has 0 N–H and O–H groups in total. The Kier molecular flexibility index (Phi) is 3.90. The van der Waals surface area contributed by atoms with E-state index in [1.807, 2.05) is 6.92 Å². The molecule has 0 spiro atoms. The molecule has 0 saturated carbocycles.